The maximum Gasteiger partial charge on any atom is 0.345 e. The number of hydrogen-bond donors (Lipinski definition) is 6. The molecule has 0 fully saturated rings. The van der Waals surface area contributed by atoms with Gasteiger partial charge in [-0.25, -0.2) is 4.79 Å². The Morgan fingerprint density at radius 3 is 2.14 bits per heavy atom. The quantitative estimate of drug-likeness (QED) is 0.102. The normalized spacial score (nSPS) is 13.6. The van der Waals surface area contributed by atoms with Crippen molar-refractivity contribution in [1.29, 1.82) is 5.41 Å². The second-order valence-electron chi connectivity index (χ2n) is 5.31. The second kappa shape index (κ2) is 11.7. The first kappa shape index (κ1) is 20.1. The van der Waals surface area contributed by atoms with E-state index in [1.807, 2.05) is 0 Å². The SMILES string of the molecule is CCCCCCCCCCN[C@](CS)(NC(=N)N)C(=O)O. The molecule has 0 aliphatic heterocycles. The molecule has 0 saturated carbocycles. The monoisotopic (exact) mass is 318 g/mol. The summed E-state index contributed by atoms with van der Waals surface area (Å²) in [5.74, 6) is -1.47. The van der Waals surface area contributed by atoms with Gasteiger partial charge < -0.3 is 16.2 Å². The van der Waals surface area contributed by atoms with Crippen LogP contribution in [0.2, 0.25) is 0 Å². The van der Waals surface area contributed by atoms with Crippen LogP contribution in [-0.2, 0) is 4.79 Å². The fourth-order valence-corrected chi connectivity index (χ4v) is 2.45. The highest BCUT2D eigenvalue weighted by Crippen LogP contribution is 2.09. The van der Waals surface area contributed by atoms with Crippen molar-refractivity contribution < 1.29 is 9.90 Å². The van der Waals surface area contributed by atoms with Gasteiger partial charge in [0.15, 0.2) is 11.6 Å². The Morgan fingerprint density at radius 1 is 1.19 bits per heavy atom. The molecular formula is C14H30N4O2S. The molecule has 0 aromatic heterocycles. The second-order valence-corrected chi connectivity index (χ2v) is 5.63. The van der Waals surface area contributed by atoms with E-state index < -0.39 is 11.6 Å². The predicted octanol–water partition coefficient (Wildman–Crippen LogP) is 1.91. The van der Waals surface area contributed by atoms with Crippen LogP contribution < -0.4 is 16.4 Å². The van der Waals surface area contributed by atoms with Crippen molar-refractivity contribution in [2.24, 2.45) is 5.73 Å². The molecule has 0 rings (SSSR count). The highest BCUT2D eigenvalue weighted by atomic mass is 32.1. The van der Waals surface area contributed by atoms with Crippen LogP contribution in [0.1, 0.15) is 58.3 Å². The molecule has 0 aliphatic carbocycles. The van der Waals surface area contributed by atoms with E-state index in [0.717, 1.165) is 12.8 Å². The van der Waals surface area contributed by atoms with E-state index >= 15 is 0 Å². The Labute approximate surface area is 133 Å². The number of thiol groups is 1. The number of carbonyl (C=O) groups is 1. The zero-order valence-corrected chi connectivity index (χ0v) is 13.8. The van der Waals surface area contributed by atoms with E-state index in [1.165, 1.54) is 38.5 Å². The Kier molecular flexibility index (Phi) is 11.2. The number of rotatable bonds is 13. The molecule has 0 spiro atoms. The first-order valence-electron chi connectivity index (χ1n) is 7.70. The fraction of sp³-hybridized carbons (Fsp3) is 0.857. The van der Waals surface area contributed by atoms with E-state index in [2.05, 4.69) is 30.2 Å². The third-order valence-electron chi connectivity index (χ3n) is 3.41. The third-order valence-corrected chi connectivity index (χ3v) is 3.88. The van der Waals surface area contributed by atoms with E-state index in [-0.39, 0.29) is 11.7 Å². The topological polar surface area (TPSA) is 111 Å². The van der Waals surface area contributed by atoms with Crippen molar-refractivity contribution in [3.8, 4) is 0 Å². The zero-order valence-electron chi connectivity index (χ0n) is 13.0. The minimum absolute atomic E-state index is 0.0128. The molecule has 124 valence electrons. The van der Waals surface area contributed by atoms with Crippen molar-refractivity contribution in [3.63, 3.8) is 0 Å². The van der Waals surface area contributed by atoms with Gasteiger partial charge in [-0.2, -0.15) is 12.6 Å². The smallest absolute Gasteiger partial charge is 0.345 e. The number of nitrogens with two attached hydrogens (primary N) is 1. The molecular weight excluding hydrogens is 288 g/mol. The number of aliphatic carboxylic acids is 1. The van der Waals surface area contributed by atoms with Gasteiger partial charge in [0.25, 0.3) is 0 Å². The summed E-state index contributed by atoms with van der Waals surface area (Å²) >= 11 is 4.05. The first-order chi connectivity index (χ1) is 9.98. The van der Waals surface area contributed by atoms with E-state index in [4.69, 9.17) is 11.1 Å². The van der Waals surface area contributed by atoms with Crippen LogP contribution in [0.25, 0.3) is 0 Å². The molecule has 6 N–H and O–H groups in total. The van der Waals surface area contributed by atoms with Crippen LogP contribution in [0.4, 0.5) is 0 Å². The van der Waals surface area contributed by atoms with Gasteiger partial charge >= 0.3 is 5.97 Å². The average molecular weight is 318 g/mol. The van der Waals surface area contributed by atoms with Crippen LogP contribution in [0.15, 0.2) is 0 Å². The highest BCUT2D eigenvalue weighted by molar-refractivity contribution is 7.80. The summed E-state index contributed by atoms with van der Waals surface area (Å²) in [6.07, 6.45) is 9.53. The van der Waals surface area contributed by atoms with Gasteiger partial charge in [-0.3, -0.25) is 10.7 Å². The lowest BCUT2D eigenvalue weighted by molar-refractivity contribution is -0.144. The first-order valence-corrected chi connectivity index (χ1v) is 8.33. The van der Waals surface area contributed by atoms with Gasteiger partial charge in [0.05, 0.1) is 0 Å². The number of carboxylic acids is 1. The number of hydrogen-bond acceptors (Lipinski definition) is 4. The Hall–Kier alpha value is -0.950. The van der Waals surface area contributed by atoms with E-state index in [1.54, 1.807) is 0 Å². The molecule has 0 aliphatic rings. The summed E-state index contributed by atoms with van der Waals surface area (Å²) in [6.45, 7) is 2.76. The Bertz CT molecular complexity index is 315. The van der Waals surface area contributed by atoms with E-state index in [0.29, 0.717) is 6.54 Å². The summed E-state index contributed by atoms with van der Waals surface area (Å²) in [5, 5.41) is 21.8. The summed E-state index contributed by atoms with van der Waals surface area (Å²) in [4.78, 5) is 11.3. The molecule has 0 amide bonds. The number of carboxylic acid groups (broad SMARTS) is 1. The molecule has 21 heavy (non-hydrogen) atoms. The lowest BCUT2D eigenvalue weighted by atomic mass is 10.1. The van der Waals surface area contributed by atoms with Crippen molar-refractivity contribution in [3.05, 3.63) is 0 Å². The minimum atomic E-state index is -1.46. The largest absolute Gasteiger partial charge is 0.478 e. The predicted molar refractivity (Wildman–Crippen MR) is 89.9 cm³/mol. The van der Waals surface area contributed by atoms with Crippen LogP contribution in [0.5, 0.6) is 0 Å². The van der Waals surface area contributed by atoms with Gasteiger partial charge in [-0.15, -0.1) is 0 Å². The Morgan fingerprint density at radius 2 is 1.71 bits per heavy atom. The molecule has 0 aromatic rings. The molecule has 0 saturated heterocycles. The van der Waals surface area contributed by atoms with Crippen molar-refractivity contribution >= 4 is 24.6 Å². The van der Waals surface area contributed by atoms with Crippen LogP contribution >= 0.6 is 12.6 Å². The standard InChI is InChI=1S/C14H30N4O2S/c1-2-3-4-5-6-7-8-9-10-17-14(11-21,12(19)20)18-13(15)16/h17,21H,2-11H2,1H3,(H,19,20)(H4,15,16,18)/t14-/m1/s1. The van der Waals surface area contributed by atoms with Gasteiger partial charge in [-0.1, -0.05) is 51.9 Å². The van der Waals surface area contributed by atoms with Crippen molar-refractivity contribution in [2.45, 2.75) is 64.0 Å². The molecule has 0 heterocycles. The molecule has 6 nitrogen and oxygen atoms in total. The summed E-state index contributed by atoms with van der Waals surface area (Å²) in [6, 6.07) is 0. The third kappa shape index (κ3) is 8.83. The van der Waals surface area contributed by atoms with Crippen molar-refractivity contribution in [2.75, 3.05) is 12.3 Å². The van der Waals surface area contributed by atoms with Gasteiger partial charge in [-0.05, 0) is 13.0 Å². The molecule has 7 heteroatoms. The highest BCUT2D eigenvalue weighted by Gasteiger charge is 2.37. The number of nitrogens with one attached hydrogen (secondary N) is 3. The molecule has 0 aromatic carbocycles. The lowest BCUT2D eigenvalue weighted by Gasteiger charge is -2.30. The molecule has 0 unspecified atom stereocenters. The average Bonchev–Trinajstić information content (AvgIpc) is 2.43. The number of unbranched alkanes of at least 4 members (excludes halogenated alkanes) is 7. The fourth-order valence-electron chi connectivity index (χ4n) is 2.13. The van der Waals surface area contributed by atoms with Crippen LogP contribution in [-0.4, -0.2) is 35.0 Å². The summed E-state index contributed by atoms with van der Waals surface area (Å²) < 4.78 is 0. The number of guanidine groups is 1. The molecule has 0 radical (unpaired) electrons. The maximum absolute atomic E-state index is 11.3. The zero-order chi connectivity index (χ0) is 16.1. The molecule has 0 bridgehead atoms. The molecule has 1 atom stereocenters. The van der Waals surface area contributed by atoms with Gasteiger partial charge in [0, 0.05) is 5.75 Å². The van der Waals surface area contributed by atoms with Crippen LogP contribution in [0, 0.1) is 5.41 Å². The van der Waals surface area contributed by atoms with Gasteiger partial charge in [0.2, 0.25) is 0 Å². The van der Waals surface area contributed by atoms with Gasteiger partial charge in [0.1, 0.15) is 0 Å². The van der Waals surface area contributed by atoms with E-state index in [9.17, 15) is 9.90 Å². The van der Waals surface area contributed by atoms with Crippen LogP contribution in [0.3, 0.4) is 0 Å². The Balaban J connectivity index is 3.89. The maximum atomic E-state index is 11.3. The minimum Gasteiger partial charge on any atom is -0.478 e. The van der Waals surface area contributed by atoms with Crippen molar-refractivity contribution in [1.82, 2.24) is 10.6 Å². The summed E-state index contributed by atoms with van der Waals surface area (Å²) in [5.41, 5.74) is 3.77. The lowest BCUT2D eigenvalue weighted by Crippen LogP contribution is -2.66. The summed E-state index contributed by atoms with van der Waals surface area (Å²) in [7, 11) is 0.